The van der Waals surface area contributed by atoms with Crippen LogP contribution in [0.4, 0.5) is 0 Å². The van der Waals surface area contributed by atoms with Gasteiger partial charge in [-0.25, -0.2) is 0 Å². The van der Waals surface area contributed by atoms with Gasteiger partial charge in [0.15, 0.2) is 0 Å². The van der Waals surface area contributed by atoms with Crippen molar-refractivity contribution in [3.8, 4) is 0 Å². The quantitative estimate of drug-likeness (QED) is 0.573. The first-order valence-electron chi connectivity index (χ1n) is 6.41. The van der Waals surface area contributed by atoms with Gasteiger partial charge in [-0.15, -0.1) is 6.58 Å². The molecule has 3 unspecified atom stereocenters. The molecule has 0 aromatic heterocycles. The van der Waals surface area contributed by atoms with Crippen LogP contribution in [0.15, 0.2) is 12.7 Å². The van der Waals surface area contributed by atoms with Gasteiger partial charge in [-0.2, -0.15) is 0 Å². The van der Waals surface area contributed by atoms with Crippen LogP contribution in [0.1, 0.15) is 26.2 Å². The fourth-order valence-corrected chi connectivity index (χ4v) is 2.37. The van der Waals surface area contributed by atoms with Gasteiger partial charge in [-0.05, 0) is 38.1 Å². The Balaban J connectivity index is 2.24. The highest BCUT2D eigenvalue weighted by Crippen LogP contribution is 2.30. The van der Waals surface area contributed by atoms with Crippen molar-refractivity contribution in [3.63, 3.8) is 0 Å². The number of carbonyl (C=O) groups excluding carboxylic acids is 1. The van der Waals surface area contributed by atoms with Gasteiger partial charge >= 0.3 is 0 Å². The number of aliphatic hydroxyl groups excluding tert-OH is 1. The highest BCUT2D eigenvalue weighted by molar-refractivity contribution is 5.81. The molecule has 3 atom stereocenters. The van der Waals surface area contributed by atoms with E-state index in [1.807, 2.05) is 6.92 Å². The van der Waals surface area contributed by atoms with Crippen LogP contribution in [-0.2, 0) is 4.79 Å². The van der Waals surface area contributed by atoms with E-state index < -0.39 is 0 Å². The normalized spacial score (nSPS) is 25.5. The predicted octanol–water partition coefficient (Wildman–Crippen LogP) is 0.675. The molecule has 1 aliphatic rings. The van der Waals surface area contributed by atoms with Crippen LogP contribution >= 0.6 is 0 Å². The van der Waals surface area contributed by atoms with E-state index in [2.05, 4.69) is 17.2 Å². The lowest BCUT2D eigenvalue weighted by molar-refractivity contribution is -0.122. The summed E-state index contributed by atoms with van der Waals surface area (Å²) in [4.78, 5) is 11.6. The molecule has 1 saturated carbocycles. The Morgan fingerprint density at radius 3 is 2.88 bits per heavy atom. The first kappa shape index (κ1) is 14.2. The highest BCUT2D eigenvalue weighted by Gasteiger charge is 2.27. The van der Waals surface area contributed by atoms with Gasteiger partial charge < -0.3 is 15.7 Å². The molecule has 1 fully saturated rings. The van der Waals surface area contributed by atoms with Crippen molar-refractivity contribution in [2.45, 2.75) is 32.2 Å². The van der Waals surface area contributed by atoms with Crippen molar-refractivity contribution < 1.29 is 9.90 Å². The molecule has 0 bridgehead atoms. The molecule has 17 heavy (non-hydrogen) atoms. The fraction of sp³-hybridized carbons (Fsp3) is 0.769. The molecular weight excluding hydrogens is 216 g/mol. The number of amides is 1. The summed E-state index contributed by atoms with van der Waals surface area (Å²) >= 11 is 0. The van der Waals surface area contributed by atoms with Gasteiger partial charge in [-0.3, -0.25) is 4.79 Å². The molecule has 0 saturated heterocycles. The largest absolute Gasteiger partial charge is 0.396 e. The molecule has 0 aromatic carbocycles. The topological polar surface area (TPSA) is 61.4 Å². The van der Waals surface area contributed by atoms with Crippen LogP contribution in [0.3, 0.4) is 0 Å². The van der Waals surface area contributed by atoms with Gasteiger partial charge in [0.2, 0.25) is 5.91 Å². The number of rotatable bonds is 7. The maximum absolute atomic E-state index is 11.6. The van der Waals surface area contributed by atoms with Crippen LogP contribution in [0, 0.1) is 11.8 Å². The lowest BCUT2D eigenvalue weighted by Gasteiger charge is -2.20. The first-order chi connectivity index (χ1) is 8.19. The average Bonchev–Trinajstić information content (AvgIpc) is 2.80. The Morgan fingerprint density at radius 2 is 2.24 bits per heavy atom. The fourth-order valence-electron chi connectivity index (χ4n) is 2.37. The van der Waals surface area contributed by atoms with E-state index in [9.17, 15) is 9.90 Å². The van der Waals surface area contributed by atoms with E-state index in [0.717, 1.165) is 19.4 Å². The Labute approximate surface area is 103 Å². The Morgan fingerprint density at radius 1 is 1.53 bits per heavy atom. The Bertz CT molecular complexity index is 256. The van der Waals surface area contributed by atoms with Gasteiger partial charge in [0, 0.05) is 13.2 Å². The summed E-state index contributed by atoms with van der Waals surface area (Å²) in [7, 11) is 0. The number of hydrogen-bond acceptors (Lipinski definition) is 3. The second-order valence-corrected chi connectivity index (χ2v) is 4.80. The van der Waals surface area contributed by atoms with E-state index in [-0.39, 0.29) is 18.6 Å². The van der Waals surface area contributed by atoms with Crippen LogP contribution in [-0.4, -0.2) is 36.8 Å². The minimum Gasteiger partial charge on any atom is -0.396 e. The summed E-state index contributed by atoms with van der Waals surface area (Å²) in [6.07, 6.45) is 5.12. The maximum atomic E-state index is 11.6. The third-order valence-corrected chi connectivity index (χ3v) is 3.55. The Hall–Kier alpha value is -0.870. The zero-order valence-electron chi connectivity index (χ0n) is 10.6. The smallest absolute Gasteiger partial charge is 0.237 e. The first-order valence-corrected chi connectivity index (χ1v) is 6.41. The minimum atomic E-state index is -0.185. The summed E-state index contributed by atoms with van der Waals surface area (Å²) in [6.45, 7) is 7.01. The molecule has 3 N–H and O–H groups in total. The van der Waals surface area contributed by atoms with Gasteiger partial charge in [0.05, 0.1) is 6.04 Å². The maximum Gasteiger partial charge on any atom is 0.237 e. The monoisotopic (exact) mass is 240 g/mol. The summed E-state index contributed by atoms with van der Waals surface area (Å²) in [5.41, 5.74) is 0. The van der Waals surface area contributed by atoms with E-state index in [1.54, 1.807) is 6.08 Å². The van der Waals surface area contributed by atoms with Crippen LogP contribution in [0.2, 0.25) is 0 Å². The molecule has 0 spiro atoms. The second-order valence-electron chi connectivity index (χ2n) is 4.80. The highest BCUT2D eigenvalue weighted by atomic mass is 16.3. The summed E-state index contributed by atoms with van der Waals surface area (Å²) in [5.74, 6) is 0.920. The molecule has 1 rings (SSSR count). The molecular formula is C13H24N2O2. The zero-order chi connectivity index (χ0) is 12.7. The van der Waals surface area contributed by atoms with E-state index >= 15 is 0 Å². The summed E-state index contributed by atoms with van der Waals surface area (Å²) in [5, 5.41) is 15.2. The van der Waals surface area contributed by atoms with Crippen molar-refractivity contribution in [2.24, 2.45) is 11.8 Å². The lowest BCUT2D eigenvalue weighted by Crippen LogP contribution is -2.44. The molecule has 0 aromatic rings. The summed E-state index contributed by atoms with van der Waals surface area (Å²) < 4.78 is 0. The van der Waals surface area contributed by atoms with Crippen molar-refractivity contribution >= 4 is 5.91 Å². The van der Waals surface area contributed by atoms with Gasteiger partial charge in [0.1, 0.15) is 0 Å². The minimum absolute atomic E-state index is 0.00319. The molecule has 0 aliphatic heterocycles. The van der Waals surface area contributed by atoms with Crippen LogP contribution in [0.25, 0.3) is 0 Å². The van der Waals surface area contributed by atoms with Crippen LogP contribution < -0.4 is 10.6 Å². The number of nitrogens with one attached hydrogen (secondary N) is 2. The van der Waals surface area contributed by atoms with Crippen molar-refractivity contribution in [1.82, 2.24) is 10.6 Å². The summed E-state index contributed by atoms with van der Waals surface area (Å²) in [6, 6.07) is -0.185. The second kappa shape index (κ2) is 7.45. The van der Waals surface area contributed by atoms with E-state index in [4.69, 9.17) is 0 Å². The van der Waals surface area contributed by atoms with Gasteiger partial charge in [-0.1, -0.05) is 12.5 Å². The molecule has 4 heteroatoms. The van der Waals surface area contributed by atoms with Crippen molar-refractivity contribution in [1.29, 1.82) is 0 Å². The number of aliphatic hydroxyl groups is 1. The number of carbonyl (C=O) groups is 1. The van der Waals surface area contributed by atoms with E-state index in [1.165, 1.54) is 6.42 Å². The molecule has 0 heterocycles. The molecule has 98 valence electrons. The Kier molecular flexibility index (Phi) is 6.22. The van der Waals surface area contributed by atoms with Crippen molar-refractivity contribution in [3.05, 3.63) is 12.7 Å². The molecule has 0 radical (unpaired) electrons. The molecule has 4 nitrogen and oxygen atoms in total. The lowest BCUT2D eigenvalue weighted by atomic mass is 9.97. The SMILES string of the molecule is C=CCNC(=O)C(C)NCC1CCCC1CO. The van der Waals surface area contributed by atoms with Crippen LogP contribution in [0.5, 0.6) is 0 Å². The molecule has 1 aliphatic carbocycles. The zero-order valence-corrected chi connectivity index (χ0v) is 10.6. The number of hydrogen-bond donors (Lipinski definition) is 3. The van der Waals surface area contributed by atoms with Crippen molar-refractivity contribution in [2.75, 3.05) is 19.7 Å². The third-order valence-electron chi connectivity index (χ3n) is 3.55. The third kappa shape index (κ3) is 4.48. The predicted molar refractivity (Wildman–Crippen MR) is 68.6 cm³/mol. The standard InChI is InChI=1S/C13H24N2O2/c1-3-7-14-13(17)10(2)15-8-11-5-4-6-12(11)9-16/h3,10-12,15-16H,1,4-9H2,2H3,(H,14,17). The van der Waals surface area contributed by atoms with E-state index in [0.29, 0.717) is 18.4 Å². The van der Waals surface area contributed by atoms with Gasteiger partial charge in [0.25, 0.3) is 0 Å². The average molecular weight is 240 g/mol. The molecule has 1 amide bonds.